The number of allylic oxidation sites excluding steroid dienone is 1. The Morgan fingerprint density at radius 1 is 1.13 bits per heavy atom. The van der Waals surface area contributed by atoms with Crippen molar-refractivity contribution in [2.75, 3.05) is 24.8 Å². The van der Waals surface area contributed by atoms with Crippen LogP contribution in [0.4, 0.5) is 16.2 Å². The summed E-state index contributed by atoms with van der Waals surface area (Å²) in [5.74, 6) is -0.439. The Kier molecular flexibility index (Phi) is 7.04. The van der Waals surface area contributed by atoms with Crippen LogP contribution in [0.15, 0.2) is 53.7 Å². The molecule has 10 heteroatoms. The van der Waals surface area contributed by atoms with Crippen LogP contribution in [0.25, 0.3) is 0 Å². The zero-order chi connectivity index (χ0) is 22.7. The molecule has 0 fully saturated rings. The normalized spacial score (nSPS) is 16.0. The first-order valence-corrected chi connectivity index (χ1v) is 10.3. The molecule has 1 aliphatic heterocycles. The molecule has 1 atom stereocenters. The zero-order valence-corrected chi connectivity index (χ0v) is 19.3. The van der Waals surface area contributed by atoms with Gasteiger partial charge < -0.3 is 25.6 Å². The molecule has 1 aliphatic rings. The van der Waals surface area contributed by atoms with E-state index in [1.165, 1.54) is 7.11 Å². The minimum atomic E-state index is -0.466. The van der Waals surface area contributed by atoms with E-state index in [2.05, 4.69) is 16.0 Å². The molecule has 0 bridgehead atoms. The lowest BCUT2D eigenvalue weighted by atomic mass is 9.95. The van der Waals surface area contributed by atoms with E-state index in [-0.39, 0.29) is 0 Å². The Morgan fingerprint density at radius 2 is 1.81 bits per heavy atom. The van der Waals surface area contributed by atoms with Crippen molar-refractivity contribution in [1.82, 2.24) is 10.2 Å². The first-order chi connectivity index (χ1) is 14.7. The number of methoxy groups -OCH3 is 1. The van der Waals surface area contributed by atoms with Crippen molar-refractivity contribution >= 4 is 63.9 Å². The maximum Gasteiger partial charge on any atom is 0.337 e. The molecule has 0 radical (unpaired) electrons. The molecule has 1 heterocycles. The fourth-order valence-corrected chi connectivity index (χ4v) is 3.80. The number of rotatable bonds is 4. The van der Waals surface area contributed by atoms with Crippen LogP contribution in [0.3, 0.4) is 0 Å². The van der Waals surface area contributed by atoms with Crippen molar-refractivity contribution in [3.05, 3.63) is 69.3 Å². The second-order valence-corrected chi connectivity index (χ2v) is 7.99. The van der Waals surface area contributed by atoms with Gasteiger partial charge in [-0.05, 0) is 55.0 Å². The molecular weight excluding hydrogens is 459 g/mol. The fraction of sp³-hybridized carbons (Fsp3) is 0.190. The Morgan fingerprint density at radius 3 is 2.42 bits per heavy atom. The summed E-state index contributed by atoms with van der Waals surface area (Å²) in [7, 11) is 3.12. The standard InChI is InChI=1S/C21H20Cl2N4O3S/c1-11-17(19(28)30-3)18(26-21(31)27(11)2)12-4-7-14(8-5-12)24-20(29)25-16-9-6-13(22)10-15(16)23/h4-10,18H,1-3H3,(H,26,31)(H2,24,25,29). The lowest BCUT2D eigenvalue weighted by Crippen LogP contribution is -2.46. The molecule has 1 unspecified atom stereocenters. The van der Waals surface area contributed by atoms with Gasteiger partial charge in [0.2, 0.25) is 0 Å². The Hall–Kier alpha value is -2.81. The number of nitrogens with one attached hydrogen (secondary N) is 3. The number of esters is 1. The van der Waals surface area contributed by atoms with Crippen molar-refractivity contribution < 1.29 is 14.3 Å². The average Bonchev–Trinajstić information content (AvgIpc) is 2.74. The third-order valence-corrected chi connectivity index (χ3v) is 5.78. The average molecular weight is 479 g/mol. The second kappa shape index (κ2) is 9.55. The number of hydrogen-bond acceptors (Lipinski definition) is 4. The highest BCUT2D eigenvalue weighted by atomic mass is 35.5. The van der Waals surface area contributed by atoms with Crippen LogP contribution in [0.2, 0.25) is 10.0 Å². The number of hydrogen-bond donors (Lipinski definition) is 3. The third-order valence-electron chi connectivity index (χ3n) is 4.84. The molecule has 0 aliphatic carbocycles. The predicted molar refractivity (Wildman–Crippen MR) is 126 cm³/mol. The number of carbonyl (C=O) groups excluding carboxylic acids is 2. The molecule has 3 N–H and O–H groups in total. The Bertz CT molecular complexity index is 1070. The molecule has 2 aromatic rings. The van der Waals surface area contributed by atoms with Gasteiger partial charge in [0.15, 0.2) is 5.11 Å². The Labute approximate surface area is 195 Å². The SMILES string of the molecule is COC(=O)C1=C(C)N(C)C(=S)NC1c1ccc(NC(=O)Nc2ccc(Cl)cc2Cl)cc1. The van der Waals surface area contributed by atoms with Crippen molar-refractivity contribution in [3.63, 3.8) is 0 Å². The largest absolute Gasteiger partial charge is 0.466 e. The summed E-state index contributed by atoms with van der Waals surface area (Å²) < 4.78 is 4.95. The smallest absolute Gasteiger partial charge is 0.337 e. The van der Waals surface area contributed by atoms with E-state index in [9.17, 15) is 9.59 Å². The highest BCUT2D eigenvalue weighted by molar-refractivity contribution is 7.80. The molecule has 0 saturated heterocycles. The highest BCUT2D eigenvalue weighted by Gasteiger charge is 2.33. The van der Waals surface area contributed by atoms with Gasteiger partial charge in [0, 0.05) is 23.5 Å². The summed E-state index contributed by atoms with van der Waals surface area (Å²) in [5.41, 5.74) is 2.97. The molecule has 0 aromatic heterocycles. The van der Waals surface area contributed by atoms with E-state index < -0.39 is 18.0 Å². The number of urea groups is 1. The summed E-state index contributed by atoms with van der Waals surface area (Å²) in [6.07, 6.45) is 0. The lowest BCUT2D eigenvalue weighted by Gasteiger charge is -2.35. The molecule has 0 spiro atoms. The molecule has 2 amide bonds. The van der Waals surface area contributed by atoms with Gasteiger partial charge in [0.05, 0.1) is 29.4 Å². The van der Waals surface area contributed by atoms with Crippen LogP contribution in [0.1, 0.15) is 18.5 Å². The van der Waals surface area contributed by atoms with E-state index in [0.717, 1.165) is 5.56 Å². The van der Waals surface area contributed by atoms with Gasteiger partial charge in [0.25, 0.3) is 0 Å². The van der Waals surface area contributed by atoms with Crippen molar-refractivity contribution in [2.45, 2.75) is 13.0 Å². The number of amides is 2. The maximum absolute atomic E-state index is 12.4. The molecule has 31 heavy (non-hydrogen) atoms. The number of carbonyl (C=O) groups is 2. The number of halogens is 2. The van der Waals surface area contributed by atoms with E-state index in [0.29, 0.717) is 37.8 Å². The topological polar surface area (TPSA) is 82.7 Å². The molecule has 162 valence electrons. The van der Waals surface area contributed by atoms with E-state index in [1.54, 1.807) is 54.4 Å². The van der Waals surface area contributed by atoms with Crippen molar-refractivity contribution in [3.8, 4) is 0 Å². The maximum atomic E-state index is 12.4. The monoisotopic (exact) mass is 478 g/mol. The summed E-state index contributed by atoms with van der Waals surface area (Å²) in [6, 6.07) is 10.9. The van der Waals surface area contributed by atoms with Gasteiger partial charge in [-0.1, -0.05) is 35.3 Å². The predicted octanol–water partition coefficient (Wildman–Crippen LogP) is 4.95. The van der Waals surface area contributed by atoms with Gasteiger partial charge in [-0.15, -0.1) is 0 Å². The molecule has 2 aromatic carbocycles. The minimum absolute atomic E-state index is 0.333. The van der Waals surface area contributed by atoms with E-state index >= 15 is 0 Å². The first-order valence-electron chi connectivity index (χ1n) is 9.17. The number of nitrogens with zero attached hydrogens (tertiary/aromatic N) is 1. The summed E-state index contributed by atoms with van der Waals surface area (Å²) in [5, 5.41) is 9.86. The highest BCUT2D eigenvalue weighted by Crippen LogP contribution is 2.31. The first kappa shape index (κ1) is 22.9. The van der Waals surface area contributed by atoms with Crippen LogP contribution >= 0.6 is 35.4 Å². The van der Waals surface area contributed by atoms with Crippen LogP contribution in [0, 0.1) is 0 Å². The fourth-order valence-electron chi connectivity index (χ4n) is 3.09. The van der Waals surface area contributed by atoms with Gasteiger partial charge >= 0.3 is 12.0 Å². The number of ether oxygens (including phenoxy) is 1. The number of thiocarbonyl (C=S) groups is 1. The van der Waals surface area contributed by atoms with Crippen LogP contribution in [-0.4, -0.2) is 36.2 Å². The van der Waals surface area contributed by atoms with Crippen molar-refractivity contribution in [2.24, 2.45) is 0 Å². The van der Waals surface area contributed by atoms with E-state index in [1.807, 2.05) is 6.92 Å². The van der Waals surface area contributed by atoms with E-state index in [4.69, 9.17) is 40.2 Å². The lowest BCUT2D eigenvalue weighted by molar-refractivity contribution is -0.136. The van der Waals surface area contributed by atoms with Crippen LogP contribution < -0.4 is 16.0 Å². The number of benzene rings is 2. The summed E-state index contributed by atoms with van der Waals surface area (Å²) in [6.45, 7) is 1.81. The number of anilines is 2. The quantitative estimate of drug-likeness (QED) is 0.426. The minimum Gasteiger partial charge on any atom is -0.466 e. The van der Waals surface area contributed by atoms with Crippen molar-refractivity contribution in [1.29, 1.82) is 0 Å². The van der Waals surface area contributed by atoms with Gasteiger partial charge in [-0.25, -0.2) is 9.59 Å². The van der Waals surface area contributed by atoms with Gasteiger partial charge in [0.1, 0.15) is 0 Å². The molecular formula is C21H20Cl2N4O3S. The molecule has 7 nitrogen and oxygen atoms in total. The zero-order valence-electron chi connectivity index (χ0n) is 17.0. The summed E-state index contributed by atoms with van der Waals surface area (Å²) in [4.78, 5) is 26.4. The summed E-state index contributed by atoms with van der Waals surface area (Å²) >= 11 is 17.3. The van der Waals surface area contributed by atoms with Crippen LogP contribution in [0.5, 0.6) is 0 Å². The Balaban J connectivity index is 1.76. The van der Waals surface area contributed by atoms with Gasteiger partial charge in [-0.2, -0.15) is 0 Å². The van der Waals surface area contributed by atoms with Gasteiger partial charge in [-0.3, -0.25) is 0 Å². The molecule has 0 saturated carbocycles. The third kappa shape index (κ3) is 5.10. The second-order valence-electron chi connectivity index (χ2n) is 6.76. The van der Waals surface area contributed by atoms with Crippen LogP contribution in [-0.2, 0) is 9.53 Å². The molecule has 3 rings (SSSR count).